The summed E-state index contributed by atoms with van der Waals surface area (Å²) in [5.41, 5.74) is 1.32. The highest BCUT2D eigenvalue weighted by Gasteiger charge is 2.21. The van der Waals surface area contributed by atoms with E-state index in [4.69, 9.17) is 9.41 Å². The van der Waals surface area contributed by atoms with E-state index in [1.165, 1.54) is 5.56 Å². The zero-order valence-corrected chi connectivity index (χ0v) is 19.9. The molecular weight excluding hydrogens is 503 g/mol. The van der Waals surface area contributed by atoms with Gasteiger partial charge in [0.25, 0.3) is 0 Å². The molecule has 164 valence electrons. The van der Waals surface area contributed by atoms with E-state index in [0.717, 1.165) is 63.2 Å². The van der Waals surface area contributed by atoms with Gasteiger partial charge in [-0.25, -0.2) is 9.97 Å². The standard InChI is InChI=1S/C23H28N6O.HI/c1-2-6-20(7-3-1)9-13-26-23(27-14-10-21-8-4-19-30-21)29-17-15-28(16-18-29)22-24-11-5-12-25-22;/h1-8,11-12,19H,9-10,13-18H2,(H,26,27);1H. The lowest BCUT2D eigenvalue weighted by Gasteiger charge is -2.36. The Kier molecular flexibility index (Phi) is 9.14. The average molecular weight is 532 g/mol. The molecule has 0 aliphatic carbocycles. The van der Waals surface area contributed by atoms with Gasteiger partial charge in [0.2, 0.25) is 5.95 Å². The molecule has 4 rings (SSSR count). The molecule has 0 atom stereocenters. The third-order valence-corrected chi connectivity index (χ3v) is 5.15. The van der Waals surface area contributed by atoms with Crippen molar-refractivity contribution >= 4 is 35.9 Å². The van der Waals surface area contributed by atoms with Crippen molar-refractivity contribution < 1.29 is 4.42 Å². The number of furan rings is 1. The summed E-state index contributed by atoms with van der Waals surface area (Å²) in [6.07, 6.45) is 7.07. The van der Waals surface area contributed by atoms with Gasteiger partial charge in [-0.15, -0.1) is 24.0 Å². The van der Waals surface area contributed by atoms with Crippen molar-refractivity contribution in [3.05, 3.63) is 78.5 Å². The fourth-order valence-corrected chi connectivity index (χ4v) is 3.53. The van der Waals surface area contributed by atoms with E-state index >= 15 is 0 Å². The van der Waals surface area contributed by atoms with Crippen LogP contribution in [0.25, 0.3) is 0 Å². The molecule has 0 saturated carbocycles. The van der Waals surface area contributed by atoms with E-state index in [9.17, 15) is 0 Å². The predicted molar refractivity (Wildman–Crippen MR) is 134 cm³/mol. The maximum absolute atomic E-state index is 5.44. The molecule has 31 heavy (non-hydrogen) atoms. The van der Waals surface area contributed by atoms with E-state index in [1.807, 2.05) is 24.3 Å². The number of rotatable bonds is 7. The van der Waals surface area contributed by atoms with Gasteiger partial charge in [-0.1, -0.05) is 30.3 Å². The van der Waals surface area contributed by atoms with E-state index < -0.39 is 0 Å². The number of hydrogen-bond acceptors (Lipinski definition) is 5. The third-order valence-electron chi connectivity index (χ3n) is 5.15. The number of halogens is 1. The van der Waals surface area contributed by atoms with Crippen molar-refractivity contribution in [2.75, 3.05) is 44.2 Å². The first-order valence-electron chi connectivity index (χ1n) is 10.5. The maximum Gasteiger partial charge on any atom is 0.225 e. The molecule has 1 fully saturated rings. The van der Waals surface area contributed by atoms with Gasteiger partial charge in [0, 0.05) is 58.1 Å². The summed E-state index contributed by atoms with van der Waals surface area (Å²) in [7, 11) is 0. The maximum atomic E-state index is 5.44. The molecule has 7 nitrogen and oxygen atoms in total. The van der Waals surface area contributed by atoms with Crippen molar-refractivity contribution in [3.63, 3.8) is 0 Å². The SMILES string of the molecule is I.c1ccc(CCNC(=NCCc2ccco2)N2CCN(c3ncccn3)CC2)cc1. The molecule has 1 aliphatic heterocycles. The number of anilines is 1. The zero-order valence-electron chi connectivity index (χ0n) is 17.6. The minimum absolute atomic E-state index is 0. The molecule has 0 radical (unpaired) electrons. The lowest BCUT2D eigenvalue weighted by atomic mass is 10.1. The second kappa shape index (κ2) is 12.3. The first-order chi connectivity index (χ1) is 14.9. The number of hydrogen-bond donors (Lipinski definition) is 1. The quantitative estimate of drug-likeness (QED) is 0.286. The second-order valence-electron chi connectivity index (χ2n) is 7.22. The Morgan fingerprint density at radius 3 is 2.42 bits per heavy atom. The highest BCUT2D eigenvalue weighted by Crippen LogP contribution is 2.10. The van der Waals surface area contributed by atoms with Crippen molar-refractivity contribution in [1.82, 2.24) is 20.2 Å². The molecule has 1 aliphatic rings. The molecule has 0 amide bonds. The lowest BCUT2D eigenvalue weighted by molar-refractivity contribution is 0.369. The number of benzene rings is 1. The fourth-order valence-electron chi connectivity index (χ4n) is 3.53. The molecule has 0 spiro atoms. The van der Waals surface area contributed by atoms with Gasteiger partial charge in [0.15, 0.2) is 5.96 Å². The Labute approximate surface area is 200 Å². The van der Waals surface area contributed by atoms with Gasteiger partial charge in [0.05, 0.1) is 6.26 Å². The highest BCUT2D eigenvalue weighted by molar-refractivity contribution is 14.0. The molecule has 0 bridgehead atoms. The van der Waals surface area contributed by atoms with Crippen LogP contribution in [0.4, 0.5) is 5.95 Å². The summed E-state index contributed by atoms with van der Waals surface area (Å²) in [6, 6.07) is 16.3. The summed E-state index contributed by atoms with van der Waals surface area (Å²) in [5.74, 6) is 2.73. The Morgan fingerprint density at radius 1 is 0.935 bits per heavy atom. The third kappa shape index (κ3) is 6.95. The second-order valence-corrected chi connectivity index (χ2v) is 7.22. The molecular formula is C23H29IN6O. The van der Waals surface area contributed by atoms with Crippen LogP contribution in [0.1, 0.15) is 11.3 Å². The van der Waals surface area contributed by atoms with Crippen LogP contribution >= 0.6 is 24.0 Å². The van der Waals surface area contributed by atoms with Gasteiger partial charge in [-0.3, -0.25) is 4.99 Å². The first kappa shape index (κ1) is 23.1. The van der Waals surface area contributed by atoms with Crippen LogP contribution in [0.3, 0.4) is 0 Å². The van der Waals surface area contributed by atoms with Crippen molar-refractivity contribution in [2.45, 2.75) is 12.8 Å². The Morgan fingerprint density at radius 2 is 1.71 bits per heavy atom. The van der Waals surface area contributed by atoms with Gasteiger partial charge < -0.3 is 19.5 Å². The number of nitrogens with one attached hydrogen (secondary N) is 1. The summed E-state index contributed by atoms with van der Waals surface area (Å²) in [6.45, 7) is 5.07. The van der Waals surface area contributed by atoms with Gasteiger partial charge in [-0.2, -0.15) is 0 Å². The normalized spacial score (nSPS) is 14.3. The Bertz CT molecular complexity index is 896. The Hall–Kier alpha value is -2.62. The molecule has 2 aromatic heterocycles. The number of guanidine groups is 1. The number of aliphatic imine (C=N–C) groups is 1. The number of piperazine rings is 1. The van der Waals surface area contributed by atoms with E-state index in [0.29, 0.717) is 6.54 Å². The topological polar surface area (TPSA) is 69.8 Å². The molecule has 3 heterocycles. The Balaban J connectivity index is 0.00000272. The van der Waals surface area contributed by atoms with Gasteiger partial charge in [0.1, 0.15) is 5.76 Å². The van der Waals surface area contributed by atoms with Crippen molar-refractivity contribution in [1.29, 1.82) is 0 Å². The smallest absolute Gasteiger partial charge is 0.225 e. The predicted octanol–water partition coefficient (Wildman–Crippen LogP) is 3.24. The lowest BCUT2D eigenvalue weighted by Crippen LogP contribution is -2.53. The van der Waals surface area contributed by atoms with Crippen LogP contribution in [0.2, 0.25) is 0 Å². The minimum Gasteiger partial charge on any atom is -0.469 e. The van der Waals surface area contributed by atoms with E-state index in [2.05, 4.69) is 49.4 Å². The fraction of sp³-hybridized carbons (Fsp3) is 0.348. The van der Waals surface area contributed by atoms with Gasteiger partial charge in [-0.05, 0) is 30.2 Å². The van der Waals surface area contributed by atoms with Crippen molar-refractivity contribution in [2.24, 2.45) is 4.99 Å². The minimum atomic E-state index is 0. The summed E-state index contributed by atoms with van der Waals surface area (Å²) < 4.78 is 5.44. The van der Waals surface area contributed by atoms with Crippen LogP contribution in [-0.2, 0) is 12.8 Å². The molecule has 8 heteroatoms. The summed E-state index contributed by atoms with van der Waals surface area (Å²) in [4.78, 5) is 18.2. The van der Waals surface area contributed by atoms with Crippen LogP contribution in [0, 0.1) is 0 Å². The molecule has 1 N–H and O–H groups in total. The first-order valence-corrected chi connectivity index (χ1v) is 10.5. The van der Waals surface area contributed by atoms with Gasteiger partial charge >= 0.3 is 0 Å². The molecule has 0 unspecified atom stereocenters. The van der Waals surface area contributed by atoms with Crippen LogP contribution < -0.4 is 10.2 Å². The number of nitrogens with zero attached hydrogens (tertiary/aromatic N) is 5. The summed E-state index contributed by atoms with van der Waals surface area (Å²) in [5, 5.41) is 3.57. The number of aromatic nitrogens is 2. The average Bonchev–Trinajstić information content (AvgIpc) is 3.33. The molecule has 1 saturated heterocycles. The largest absolute Gasteiger partial charge is 0.469 e. The molecule has 3 aromatic rings. The van der Waals surface area contributed by atoms with Crippen molar-refractivity contribution in [3.8, 4) is 0 Å². The monoisotopic (exact) mass is 532 g/mol. The summed E-state index contributed by atoms with van der Waals surface area (Å²) >= 11 is 0. The zero-order chi connectivity index (χ0) is 20.4. The van der Waals surface area contributed by atoms with E-state index in [1.54, 1.807) is 18.7 Å². The molecule has 1 aromatic carbocycles. The van der Waals surface area contributed by atoms with Crippen LogP contribution in [0.15, 0.2) is 76.6 Å². The van der Waals surface area contributed by atoms with Crippen LogP contribution in [-0.4, -0.2) is 60.1 Å². The van der Waals surface area contributed by atoms with E-state index in [-0.39, 0.29) is 24.0 Å². The van der Waals surface area contributed by atoms with Crippen LogP contribution in [0.5, 0.6) is 0 Å². The highest BCUT2D eigenvalue weighted by atomic mass is 127.